The van der Waals surface area contributed by atoms with Gasteiger partial charge < -0.3 is 10.6 Å². The largest absolute Gasteiger partial charge is 0.387 e. The molecule has 16 heavy (non-hydrogen) atoms. The molecule has 4 heteroatoms. The first-order valence-corrected chi connectivity index (χ1v) is 5.56. The second-order valence-electron chi connectivity index (χ2n) is 4.04. The average Bonchev–Trinajstić information content (AvgIpc) is 2.26. The summed E-state index contributed by atoms with van der Waals surface area (Å²) in [6.07, 6.45) is 1.80. The molecule has 0 aliphatic rings. The molecule has 0 radical (unpaired) electrons. The molecule has 0 aliphatic carbocycles. The summed E-state index contributed by atoms with van der Waals surface area (Å²) < 4.78 is 0. The molecule has 1 heterocycles. The molecule has 3 N–H and O–H groups in total. The van der Waals surface area contributed by atoms with E-state index in [0.717, 1.165) is 24.5 Å². The normalized spacial score (nSPS) is 12.2. The molecule has 1 aromatic heterocycles. The third-order valence-corrected chi connectivity index (χ3v) is 2.69. The molecular weight excluding hydrogens is 200 g/mol. The van der Waals surface area contributed by atoms with E-state index < -0.39 is 0 Å². The number of nitrogens with one attached hydrogen (secondary N) is 1. The number of nitrogens with two attached hydrogens (primary N) is 1. The van der Waals surface area contributed by atoms with Gasteiger partial charge >= 0.3 is 0 Å². The zero-order valence-corrected chi connectivity index (χ0v) is 10.2. The van der Waals surface area contributed by atoms with Crippen LogP contribution in [0.1, 0.15) is 19.4 Å². The quantitative estimate of drug-likeness (QED) is 0.587. The highest BCUT2D eigenvalue weighted by molar-refractivity contribution is 5.79. The Labute approximate surface area is 97.0 Å². The van der Waals surface area contributed by atoms with Gasteiger partial charge in [-0.25, -0.2) is 4.98 Å². The molecule has 1 unspecified atom stereocenters. The summed E-state index contributed by atoms with van der Waals surface area (Å²) in [5, 5.41) is 7.42. The van der Waals surface area contributed by atoms with Crippen LogP contribution in [0.15, 0.2) is 18.3 Å². The van der Waals surface area contributed by atoms with E-state index in [0.29, 0.717) is 0 Å². The molecule has 1 aromatic rings. The average molecular weight is 220 g/mol. The number of rotatable bonds is 5. The monoisotopic (exact) mass is 220 g/mol. The SMILES string of the molecule is CCN(CC(C)C(=N)N)c1ncccc1C. The maximum Gasteiger partial charge on any atom is 0.131 e. The second-order valence-corrected chi connectivity index (χ2v) is 4.04. The summed E-state index contributed by atoms with van der Waals surface area (Å²) in [6, 6.07) is 3.98. The molecule has 0 amide bonds. The van der Waals surface area contributed by atoms with Crippen LogP contribution in [-0.2, 0) is 0 Å². The number of amidine groups is 1. The van der Waals surface area contributed by atoms with Gasteiger partial charge in [0.25, 0.3) is 0 Å². The van der Waals surface area contributed by atoms with Crippen LogP contribution in [0.2, 0.25) is 0 Å². The number of hydrogen-bond donors (Lipinski definition) is 2. The molecule has 0 aromatic carbocycles. The first-order valence-electron chi connectivity index (χ1n) is 5.56. The molecule has 0 saturated heterocycles. The molecule has 1 atom stereocenters. The zero-order chi connectivity index (χ0) is 12.1. The van der Waals surface area contributed by atoms with E-state index in [-0.39, 0.29) is 11.8 Å². The highest BCUT2D eigenvalue weighted by atomic mass is 15.2. The van der Waals surface area contributed by atoms with E-state index in [1.54, 1.807) is 6.20 Å². The predicted molar refractivity (Wildman–Crippen MR) is 67.9 cm³/mol. The fraction of sp³-hybridized carbons (Fsp3) is 0.500. The summed E-state index contributed by atoms with van der Waals surface area (Å²) in [7, 11) is 0. The number of hydrogen-bond acceptors (Lipinski definition) is 3. The second kappa shape index (κ2) is 5.49. The lowest BCUT2D eigenvalue weighted by Gasteiger charge is -2.26. The van der Waals surface area contributed by atoms with E-state index in [1.807, 2.05) is 26.0 Å². The van der Waals surface area contributed by atoms with Gasteiger partial charge in [0.2, 0.25) is 0 Å². The van der Waals surface area contributed by atoms with Gasteiger partial charge in [0.1, 0.15) is 5.82 Å². The molecule has 0 bridgehead atoms. The molecule has 0 spiro atoms. The Kier molecular flexibility index (Phi) is 4.28. The topological polar surface area (TPSA) is 66.0 Å². The molecular formula is C12H20N4. The van der Waals surface area contributed by atoms with Gasteiger partial charge in [0.05, 0.1) is 5.84 Å². The Hall–Kier alpha value is -1.58. The highest BCUT2D eigenvalue weighted by Gasteiger charge is 2.13. The number of aromatic nitrogens is 1. The summed E-state index contributed by atoms with van der Waals surface area (Å²) >= 11 is 0. The maximum absolute atomic E-state index is 7.42. The number of pyridine rings is 1. The van der Waals surface area contributed by atoms with Crippen LogP contribution in [0.25, 0.3) is 0 Å². The van der Waals surface area contributed by atoms with Crippen molar-refractivity contribution in [3.8, 4) is 0 Å². The van der Waals surface area contributed by atoms with Gasteiger partial charge in [-0.3, -0.25) is 5.41 Å². The number of anilines is 1. The third kappa shape index (κ3) is 2.95. The van der Waals surface area contributed by atoms with Crippen molar-refractivity contribution >= 4 is 11.7 Å². The Balaban J connectivity index is 2.83. The Morgan fingerprint density at radius 1 is 1.62 bits per heavy atom. The van der Waals surface area contributed by atoms with Crippen molar-refractivity contribution in [1.29, 1.82) is 5.41 Å². The van der Waals surface area contributed by atoms with Crippen molar-refractivity contribution in [2.45, 2.75) is 20.8 Å². The van der Waals surface area contributed by atoms with Gasteiger partial charge in [-0.1, -0.05) is 13.0 Å². The minimum atomic E-state index is 0.0568. The summed E-state index contributed by atoms with van der Waals surface area (Å²) in [6.45, 7) is 7.70. The molecule has 0 aliphatic heterocycles. The highest BCUT2D eigenvalue weighted by Crippen LogP contribution is 2.16. The first kappa shape index (κ1) is 12.5. The van der Waals surface area contributed by atoms with Crippen molar-refractivity contribution in [2.24, 2.45) is 11.7 Å². The lowest BCUT2D eigenvalue weighted by Crippen LogP contribution is -2.35. The van der Waals surface area contributed by atoms with Gasteiger partial charge in [-0.05, 0) is 25.5 Å². The standard InChI is InChI=1S/C12H20N4/c1-4-16(8-10(3)11(13)14)12-9(2)6-5-7-15-12/h5-7,10H,4,8H2,1-3H3,(H3,13,14). The van der Waals surface area contributed by atoms with Crippen LogP contribution in [0.3, 0.4) is 0 Å². The van der Waals surface area contributed by atoms with Gasteiger partial charge in [-0.2, -0.15) is 0 Å². The summed E-state index contributed by atoms with van der Waals surface area (Å²) in [4.78, 5) is 6.53. The third-order valence-electron chi connectivity index (χ3n) is 2.69. The first-order chi connectivity index (χ1) is 7.56. The van der Waals surface area contributed by atoms with Crippen LogP contribution in [0.5, 0.6) is 0 Å². The van der Waals surface area contributed by atoms with E-state index >= 15 is 0 Å². The molecule has 0 saturated carbocycles. The van der Waals surface area contributed by atoms with Gasteiger partial charge in [-0.15, -0.1) is 0 Å². The van der Waals surface area contributed by atoms with Crippen molar-refractivity contribution in [2.75, 3.05) is 18.0 Å². The van der Waals surface area contributed by atoms with Crippen molar-refractivity contribution in [3.63, 3.8) is 0 Å². The molecule has 88 valence electrons. The zero-order valence-electron chi connectivity index (χ0n) is 10.2. The van der Waals surface area contributed by atoms with E-state index in [2.05, 4.69) is 16.8 Å². The van der Waals surface area contributed by atoms with E-state index in [1.165, 1.54) is 0 Å². The van der Waals surface area contributed by atoms with Crippen LogP contribution in [0.4, 0.5) is 5.82 Å². The summed E-state index contributed by atoms with van der Waals surface area (Å²) in [5.74, 6) is 1.27. The Morgan fingerprint density at radius 2 is 2.31 bits per heavy atom. The van der Waals surface area contributed by atoms with Crippen LogP contribution >= 0.6 is 0 Å². The van der Waals surface area contributed by atoms with Crippen molar-refractivity contribution in [3.05, 3.63) is 23.9 Å². The molecule has 4 nitrogen and oxygen atoms in total. The Bertz CT molecular complexity index is 362. The fourth-order valence-corrected chi connectivity index (χ4v) is 1.60. The Morgan fingerprint density at radius 3 is 2.81 bits per heavy atom. The molecule has 1 rings (SSSR count). The van der Waals surface area contributed by atoms with Gasteiger partial charge in [0, 0.05) is 25.2 Å². The fourth-order valence-electron chi connectivity index (χ4n) is 1.60. The predicted octanol–water partition coefficient (Wildman–Crippen LogP) is 1.79. The smallest absolute Gasteiger partial charge is 0.131 e. The van der Waals surface area contributed by atoms with Crippen molar-refractivity contribution < 1.29 is 0 Å². The van der Waals surface area contributed by atoms with Crippen molar-refractivity contribution in [1.82, 2.24) is 4.98 Å². The van der Waals surface area contributed by atoms with E-state index in [4.69, 9.17) is 11.1 Å². The maximum atomic E-state index is 7.42. The van der Waals surface area contributed by atoms with Crippen LogP contribution < -0.4 is 10.6 Å². The van der Waals surface area contributed by atoms with Crippen LogP contribution in [0, 0.1) is 18.3 Å². The lowest BCUT2D eigenvalue weighted by atomic mass is 10.1. The van der Waals surface area contributed by atoms with Gasteiger partial charge in [0.15, 0.2) is 0 Å². The summed E-state index contributed by atoms with van der Waals surface area (Å²) in [5.41, 5.74) is 6.64. The number of aryl methyl sites for hydroxylation is 1. The lowest BCUT2D eigenvalue weighted by molar-refractivity contribution is 0.688. The number of nitrogens with zero attached hydrogens (tertiary/aromatic N) is 2. The minimum absolute atomic E-state index is 0.0568. The van der Waals surface area contributed by atoms with Crippen LogP contribution in [-0.4, -0.2) is 23.9 Å². The molecule has 0 fully saturated rings. The van der Waals surface area contributed by atoms with E-state index in [9.17, 15) is 0 Å². The minimum Gasteiger partial charge on any atom is -0.387 e.